The smallest absolute Gasteiger partial charge is 0.239 e. The van der Waals surface area contributed by atoms with Crippen LogP contribution in [0.1, 0.15) is 25.8 Å². The fourth-order valence-electron chi connectivity index (χ4n) is 2.57. The van der Waals surface area contributed by atoms with E-state index in [0.29, 0.717) is 12.5 Å². The largest absolute Gasteiger partial charge is 0.478 e. The number of nitrogens with one attached hydrogen (secondary N) is 2. The van der Waals surface area contributed by atoms with E-state index in [1.807, 2.05) is 25.3 Å². The number of aromatic nitrogens is 1. The van der Waals surface area contributed by atoms with E-state index in [-0.39, 0.29) is 24.4 Å². The lowest BCUT2D eigenvalue weighted by Crippen LogP contribution is -2.42. The highest BCUT2D eigenvalue weighted by Crippen LogP contribution is 2.14. The maximum atomic E-state index is 11.7. The Morgan fingerprint density at radius 2 is 2.26 bits per heavy atom. The highest BCUT2D eigenvalue weighted by atomic mass is 16.5. The monoisotopic (exact) mass is 320 g/mol. The van der Waals surface area contributed by atoms with Gasteiger partial charge in [-0.05, 0) is 18.9 Å². The van der Waals surface area contributed by atoms with Crippen molar-refractivity contribution in [2.45, 2.75) is 32.9 Å². The lowest BCUT2D eigenvalue weighted by molar-refractivity contribution is -0.125. The van der Waals surface area contributed by atoms with E-state index in [1.165, 1.54) is 6.92 Å². The molecule has 1 fully saturated rings. The van der Waals surface area contributed by atoms with Crippen molar-refractivity contribution in [1.82, 2.24) is 20.5 Å². The molecule has 7 nitrogen and oxygen atoms in total. The van der Waals surface area contributed by atoms with Gasteiger partial charge in [0.25, 0.3) is 0 Å². The van der Waals surface area contributed by atoms with Gasteiger partial charge in [-0.3, -0.25) is 14.5 Å². The van der Waals surface area contributed by atoms with Crippen LogP contribution in [0.2, 0.25) is 0 Å². The maximum Gasteiger partial charge on any atom is 0.239 e. The first-order valence-corrected chi connectivity index (χ1v) is 7.90. The Balaban J connectivity index is 1.74. The van der Waals surface area contributed by atoms with Crippen LogP contribution in [0.15, 0.2) is 18.3 Å². The van der Waals surface area contributed by atoms with Crippen LogP contribution in [0.3, 0.4) is 0 Å². The van der Waals surface area contributed by atoms with Gasteiger partial charge in [-0.25, -0.2) is 4.98 Å². The summed E-state index contributed by atoms with van der Waals surface area (Å²) >= 11 is 0. The van der Waals surface area contributed by atoms with Crippen LogP contribution in [-0.2, 0) is 16.1 Å². The minimum absolute atomic E-state index is 0.0364. The van der Waals surface area contributed by atoms with Gasteiger partial charge in [0.05, 0.1) is 13.2 Å². The van der Waals surface area contributed by atoms with E-state index in [2.05, 4.69) is 20.5 Å². The Morgan fingerprint density at radius 3 is 2.91 bits per heavy atom. The van der Waals surface area contributed by atoms with Crippen LogP contribution in [0.25, 0.3) is 0 Å². The average Bonchev–Trinajstić information content (AvgIpc) is 2.94. The van der Waals surface area contributed by atoms with Crippen molar-refractivity contribution in [2.75, 3.05) is 26.2 Å². The quantitative estimate of drug-likeness (QED) is 0.755. The van der Waals surface area contributed by atoms with Crippen LogP contribution >= 0.6 is 0 Å². The number of hydrogen-bond donors (Lipinski definition) is 2. The van der Waals surface area contributed by atoms with Crippen molar-refractivity contribution < 1.29 is 14.3 Å². The first kappa shape index (κ1) is 17.2. The van der Waals surface area contributed by atoms with Gasteiger partial charge in [0.2, 0.25) is 17.7 Å². The van der Waals surface area contributed by atoms with Crippen molar-refractivity contribution in [2.24, 2.45) is 0 Å². The molecule has 2 heterocycles. The molecule has 0 radical (unpaired) electrons. The third-order valence-corrected chi connectivity index (χ3v) is 3.63. The Labute approximate surface area is 136 Å². The fourth-order valence-corrected chi connectivity index (χ4v) is 2.57. The number of rotatable bonds is 7. The molecule has 1 aromatic heterocycles. The van der Waals surface area contributed by atoms with Gasteiger partial charge >= 0.3 is 0 Å². The highest BCUT2D eigenvalue weighted by Gasteiger charge is 2.23. The van der Waals surface area contributed by atoms with Crippen LogP contribution in [-0.4, -0.2) is 54.0 Å². The molecule has 1 atom stereocenters. The first-order valence-electron chi connectivity index (χ1n) is 7.90. The van der Waals surface area contributed by atoms with E-state index in [4.69, 9.17) is 4.74 Å². The Kier molecular flexibility index (Phi) is 6.34. The molecule has 2 N–H and O–H groups in total. The van der Waals surface area contributed by atoms with Gasteiger partial charge in [-0.2, -0.15) is 0 Å². The van der Waals surface area contributed by atoms with Crippen molar-refractivity contribution >= 4 is 11.8 Å². The maximum absolute atomic E-state index is 11.7. The lowest BCUT2D eigenvalue weighted by Gasteiger charge is -2.17. The number of amides is 2. The van der Waals surface area contributed by atoms with E-state index < -0.39 is 0 Å². The fraction of sp³-hybridized carbons (Fsp3) is 0.562. The summed E-state index contributed by atoms with van der Waals surface area (Å²) < 4.78 is 5.33. The second-order valence-corrected chi connectivity index (χ2v) is 5.64. The van der Waals surface area contributed by atoms with E-state index in [1.54, 1.807) is 0 Å². The Morgan fingerprint density at radius 1 is 1.43 bits per heavy atom. The highest BCUT2D eigenvalue weighted by molar-refractivity contribution is 5.83. The minimum atomic E-state index is -0.198. The minimum Gasteiger partial charge on any atom is -0.478 e. The van der Waals surface area contributed by atoms with E-state index in [0.717, 1.165) is 31.6 Å². The second-order valence-electron chi connectivity index (χ2n) is 5.64. The van der Waals surface area contributed by atoms with Crippen LogP contribution in [0.4, 0.5) is 0 Å². The third-order valence-electron chi connectivity index (χ3n) is 3.63. The molecular weight excluding hydrogens is 296 g/mol. The van der Waals surface area contributed by atoms with Gasteiger partial charge in [0, 0.05) is 44.9 Å². The number of nitrogens with zero attached hydrogens (tertiary/aromatic N) is 2. The third kappa shape index (κ3) is 5.86. The number of likely N-dealkylation sites (tertiary alicyclic amines) is 1. The summed E-state index contributed by atoms with van der Waals surface area (Å²) in [5, 5.41) is 5.45. The van der Waals surface area contributed by atoms with Crippen LogP contribution in [0, 0.1) is 0 Å². The molecule has 7 heteroatoms. The normalized spacial score (nSPS) is 17.7. The molecule has 0 aromatic carbocycles. The zero-order valence-electron chi connectivity index (χ0n) is 13.7. The molecule has 1 unspecified atom stereocenters. The molecule has 2 rings (SSSR count). The van der Waals surface area contributed by atoms with Crippen LogP contribution < -0.4 is 15.4 Å². The van der Waals surface area contributed by atoms with Gasteiger partial charge in [0.1, 0.15) is 0 Å². The standard InChI is InChI=1S/C16H24N4O3/c1-3-23-16-5-4-13(8-18-16)10-20-7-6-14(11-20)19-15(22)9-17-12(2)21/h4-5,8,14H,3,6-7,9-11H2,1-2H3,(H,17,21)(H,19,22). The van der Waals surface area contributed by atoms with Gasteiger partial charge < -0.3 is 15.4 Å². The summed E-state index contributed by atoms with van der Waals surface area (Å²) in [6.07, 6.45) is 2.74. The number of carbonyl (C=O) groups is 2. The predicted molar refractivity (Wildman–Crippen MR) is 85.9 cm³/mol. The zero-order chi connectivity index (χ0) is 16.7. The summed E-state index contributed by atoms with van der Waals surface area (Å²) in [7, 11) is 0. The molecule has 0 saturated carbocycles. The number of carbonyl (C=O) groups excluding carboxylic acids is 2. The Hall–Kier alpha value is -2.15. The van der Waals surface area contributed by atoms with E-state index >= 15 is 0 Å². The molecule has 0 aliphatic carbocycles. The van der Waals surface area contributed by atoms with Crippen LogP contribution in [0.5, 0.6) is 5.88 Å². The molecule has 126 valence electrons. The van der Waals surface area contributed by atoms with Gasteiger partial charge in [0.15, 0.2) is 0 Å². The SMILES string of the molecule is CCOc1ccc(CN2CCC(NC(=O)CNC(C)=O)C2)cn1. The van der Waals surface area contributed by atoms with Crippen molar-refractivity contribution in [1.29, 1.82) is 0 Å². The molecule has 0 bridgehead atoms. The van der Waals surface area contributed by atoms with Gasteiger partial charge in [-0.15, -0.1) is 0 Å². The molecule has 1 aromatic rings. The second kappa shape index (κ2) is 8.47. The van der Waals surface area contributed by atoms with Gasteiger partial charge in [-0.1, -0.05) is 6.07 Å². The molecule has 1 aliphatic rings. The predicted octanol–water partition coefficient (Wildman–Crippen LogP) is 0.307. The molecule has 23 heavy (non-hydrogen) atoms. The average molecular weight is 320 g/mol. The zero-order valence-corrected chi connectivity index (χ0v) is 13.7. The van der Waals surface area contributed by atoms with E-state index in [9.17, 15) is 9.59 Å². The topological polar surface area (TPSA) is 83.6 Å². The van der Waals surface area contributed by atoms with Crippen molar-refractivity contribution in [3.8, 4) is 5.88 Å². The molecular formula is C16H24N4O3. The Bertz CT molecular complexity index is 533. The summed E-state index contributed by atoms with van der Waals surface area (Å²) in [5.74, 6) is 0.298. The summed E-state index contributed by atoms with van der Waals surface area (Å²) in [5.41, 5.74) is 1.12. The summed E-state index contributed by atoms with van der Waals surface area (Å²) in [4.78, 5) is 29.0. The molecule has 0 spiro atoms. The lowest BCUT2D eigenvalue weighted by atomic mass is 10.2. The number of hydrogen-bond acceptors (Lipinski definition) is 5. The summed E-state index contributed by atoms with van der Waals surface area (Å²) in [6, 6.07) is 4.02. The molecule has 1 aliphatic heterocycles. The molecule has 2 amide bonds. The number of pyridine rings is 1. The summed E-state index contributed by atoms with van der Waals surface area (Å²) in [6.45, 7) is 6.51. The van der Waals surface area contributed by atoms with Crippen molar-refractivity contribution in [3.63, 3.8) is 0 Å². The van der Waals surface area contributed by atoms with Crippen molar-refractivity contribution in [3.05, 3.63) is 23.9 Å². The molecule has 1 saturated heterocycles. The number of ether oxygens (including phenoxy) is 1. The first-order chi connectivity index (χ1) is 11.1.